The van der Waals surface area contributed by atoms with Gasteiger partial charge in [-0.25, -0.2) is 4.79 Å². The zero-order valence-electron chi connectivity index (χ0n) is 16.3. The fourth-order valence-corrected chi connectivity index (χ4v) is 3.35. The van der Waals surface area contributed by atoms with Gasteiger partial charge in [0.1, 0.15) is 6.54 Å². The van der Waals surface area contributed by atoms with Crippen LogP contribution in [0.25, 0.3) is 0 Å². The van der Waals surface area contributed by atoms with Crippen LogP contribution >= 0.6 is 0 Å². The molecule has 0 spiro atoms. The molecule has 0 bridgehead atoms. The summed E-state index contributed by atoms with van der Waals surface area (Å²) in [4.78, 5) is 39.3. The van der Waals surface area contributed by atoms with Crippen LogP contribution in [0.2, 0.25) is 0 Å². The standard InChI is InChI=1S/C20H25N5O4/c1-23-13-17(12-21-23)25-10-9-24(14-18(25)26)20(29)22-16(7-8-19(27)28)11-15-5-3-2-4-6-15/h2-6,12-13,16H,7-11,14H2,1H3,(H,22,29)(H,27,28). The van der Waals surface area contributed by atoms with Gasteiger partial charge in [0.05, 0.1) is 11.9 Å². The second kappa shape index (κ2) is 9.22. The van der Waals surface area contributed by atoms with Crippen molar-refractivity contribution in [3.63, 3.8) is 0 Å². The SMILES string of the molecule is Cn1cc(N2CCN(C(=O)NC(CCC(=O)O)Cc3ccccc3)CC2=O)cn1. The number of urea groups is 1. The minimum atomic E-state index is -0.905. The first kappa shape index (κ1) is 20.4. The Labute approximate surface area is 168 Å². The molecule has 1 aromatic heterocycles. The zero-order valence-corrected chi connectivity index (χ0v) is 16.3. The molecular formula is C20H25N5O4. The van der Waals surface area contributed by atoms with Crippen LogP contribution in [0.3, 0.4) is 0 Å². The van der Waals surface area contributed by atoms with Crippen LogP contribution in [0.15, 0.2) is 42.7 Å². The largest absolute Gasteiger partial charge is 0.481 e. The Balaban J connectivity index is 1.60. The molecule has 2 heterocycles. The van der Waals surface area contributed by atoms with Gasteiger partial charge in [-0.15, -0.1) is 0 Å². The average molecular weight is 399 g/mol. The summed E-state index contributed by atoms with van der Waals surface area (Å²) in [5, 5.41) is 16.0. The monoisotopic (exact) mass is 399 g/mol. The van der Waals surface area contributed by atoms with Gasteiger partial charge in [0.25, 0.3) is 0 Å². The summed E-state index contributed by atoms with van der Waals surface area (Å²) in [6, 6.07) is 8.92. The van der Waals surface area contributed by atoms with E-state index in [1.54, 1.807) is 29.0 Å². The van der Waals surface area contributed by atoms with E-state index < -0.39 is 5.97 Å². The molecule has 2 N–H and O–H groups in total. The van der Waals surface area contributed by atoms with E-state index in [1.807, 2.05) is 30.3 Å². The average Bonchev–Trinajstić information content (AvgIpc) is 3.12. The van der Waals surface area contributed by atoms with Gasteiger partial charge in [0.15, 0.2) is 0 Å². The van der Waals surface area contributed by atoms with Crippen LogP contribution in [0.4, 0.5) is 10.5 Å². The second-order valence-electron chi connectivity index (χ2n) is 7.11. The summed E-state index contributed by atoms with van der Waals surface area (Å²) in [7, 11) is 1.78. The lowest BCUT2D eigenvalue weighted by molar-refractivity contribution is -0.137. The van der Waals surface area contributed by atoms with Crippen molar-refractivity contribution in [3.8, 4) is 0 Å². The van der Waals surface area contributed by atoms with Gasteiger partial charge in [-0.2, -0.15) is 5.10 Å². The predicted molar refractivity (Wildman–Crippen MR) is 106 cm³/mol. The van der Waals surface area contributed by atoms with Crippen LogP contribution in [0.5, 0.6) is 0 Å². The number of carboxylic acid groups (broad SMARTS) is 1. The molecule has 9 heteroatoms. The summed E-state index contributed by atoms with van der Waals surface area (Å²) in [6.45, 7) is 0.748. The summed E-state index contributed by atoms with van der Waals surface area (Å²) < 4.78 is 1.62. The number of carbonyl (C=O) groups is 3. The number of aromatic nitrogens is 2. The summed E-state index contributed by atoms with van der Waals surface area (Å²) in [6.07, 6.45) is 4.19. The molecule has 3 rings (SSSR count). The van der Waals surface area contributed by atoms with E-state index in [0.29, 0.717) is 31.6 Å². The molecule has 1 fully saturated rings. The van der Waals surface area contributed by atoms with Crippen molar-refractivity contribution in [1.29, 1.82) is 0 Å². The molecule has 29 heavy (non-hydrogen) atoms. The van der Waals surface area contributed by atoms with Gasteiger partial charge >= 0.3 is 12.0 Å². The van der Waals surface area contributed by atoms with Crippen LogP contribution in [-0.2, 0) is 23.1 Å². The number of piperazine rings is 1. The number of nitrogens with zero attached hydrogens (tertiary/aromatic N) is 4. The Morgan fingerprint density at radius 3 is 2.62 bits per heavy atom. The van der Waals surface area contributed by atoms with E-state index in [1.165, 1.54) is 4.90 Å². The number of carbonyl (C=O) groups excluding carboxylic acids is 2. The number of aryl methyl sites for hydroxylation is 1. The number of hydrogen-bond acceptors (Lipinski definition) is 4. The number of hydrogen-bond donors (Lipinski definition) is 2. The lowest BCUT2D eigenvalue weighted by atomic mass is 10.0. The maximum absolute atomic E-state index is 12.7. The lowest BCUT2D eigenvalue weighted by Gasteiger charge is -2.34. The molecule has 0 saturated carbocycles. The highest BCUT2D eigenvalue weighted by Crippen LogP contribution is 2.16. The van der Waals surface area contributed by atoms with Gasteiger partial charge in [0.2, 0.25) is 5.91 Å². The van der Waals surface area contributed by atoms with Crippen molar-refractivity contribution in [2.75, 3.05) is 24.5 Å². The Morgan fingerprint density at radius 2 is 2.00 bits per heavy atom. The molecule has 1 atom stereocenters. The Kier molecular flexibility index (Phi) is 6.48. The summed E-state index contributed by atoms with van der Waals surface area (Å²) in [5.74, 6) is -1.08. The van der Waals surface area contributed by atoms with E-state index >= 15 is 0 Å². The van der Waals surface area contributed by atoms with E-state index in [-0.39, 0.29) is 30.9 Å². The molecule has 1 aromatic carbocycles. The highest BCUT2D eigenvalue weighted by molar-refractivity contribution is 5.97. The third kappa shape index (κ3) is 5.56. The van der Waals surface area contributed by atoms with Gasteiger partial charge in [0, 0.05) is 38.8 Å². The second-order valence-corrected chi connectivity index (χ2v) is 7.11. The maximum Gasteiger partial charge on any atom is 0.318 e. The highest BCUT2D eigenvalue weighted by Gasteiger charge is 2.29. The fourth-order valence-electron chi connectivity index (χ4n) is 3.35. The van der Waals surface area contributed by atoms with E-state index in [0.717, 1.165) is 5.56 Å². The number of anilines is 1. The Morgan fingerprint density at radius 1 is 1.24 bits per heavy atom. The first-order valence-electron chi connectivity index (χ1n) is 9.52. The Bertz CT molecular complexity index is 867. The molecule has 1 aliphatic heterocycles. The number of carboxylic acids is 1. The maximum atomic E-state index is 12.7. The first-order chi connectivity index (χ1) is 13.9. The van der Waals surface area contributed by atoms with Crippen molar-refractivity contribution in [3.05, 3.63) is 48.3 Å². The summed E-state index contributed by atoms with van der Waals surface area (Å²) >= 11 is 0. The first-order valence-corrected chi connectivity index (χ1v) is 9.52. The zero-order chi connectivity index (χ0) is 20.8. The van der Waals surface area contributed by atoms with Crippen molar-refractivity contribution < 1.29 is 19.5 Å². The van der Waals surface area contributed by atoms with Crippen molar-refractivity contribution in [2.45, 2.75) is 25.3 Å². The molecule has 1 aliphatic rings. The van der Waals surface area contributed by atoms with Gasteiger partial charge in [-0.3, -0.25) is 14.3 Å². The van der Waals surface area contributed by atoms with Crippen molar-refractivity contribution >= 4 is 23.6 Å². The lowest BCUT2D eigenvalue weighted by Crippen LogP contribution is -2.56. The minimum Gasteiger partial charge on any atom is -0.481 e. The number of rotatable bonds is 7. The predicted octanol–water partition coefficient (Wildman–Crippen LogP) is 1.25. The van der Waals surface area contributed by atoms with Crippen LogP contribution in [-0.4, -0.2) is 63.4 Å². The number of aliphatic carboxylic acids is 1. The molecule has 3 amide bonds. The van der Waals surface area contributed by atoms with Gasteiger partial charge in [-0.05, 0) is 18.4 Å². The summed E-state index contributed by atoms with van der Waals surface area (Å²) in [5.41, 5.74) is 1.72. The van der Waals surface area contributed by atoms with Crippen molar-refractivity contribution in [2.24, 2.45) is 7.05 Å². The van der Waals surface area contributed by atoms with E-state index in [9.17, 15) is 14.4 Å². The molecule has 0 radical (unpaired) electrons. The normalized spacial score (nSPS) is 15.3. The molecule has 1 unspecified atom stereocenters. The smallest absolute Gasteiger partial charge is 0.318 e. The Hall–Kier alpha value is -3.36. The van der Waals surface area contributed by atoms with Crippen LogP contribution in [0, 0.1) is 0 Å². The molecule has 2 aromatic rings. The molecule has 1 saturated heterocycles. The highest BCUT2D eigenvalue weighted by atomic mass is 16.4. The van der Waals surface area contributed by atoms with E-state index in [4.69, 9.17) is 5.11 Å². The molecule has 9 nitrogen and oxygen atoms in total. The number of benzene rings is 1. The van der Waals surface area contributed by atoms with Crippen LogP contribution < -0.4 is 10.2 Å². The minimum absolute atomic E-state index is 0.0300. The third-order valence-corrected chi connectivity index (χ3v) is 4.87. The number of nitrogens with one attached hydrogen (secondary N) is 1. The third-order valence-electron chi connectivity index (χ3n) is 4.87. The van der Waals surface area contributed by atoms with Crippen molar-refractivity contribution in [1.82, 2.24) is 20.0 Å². The van der Waals surface area contributed by atoms with Gasteiger partial charge in [-0.1, -0.05) is 30.3 Å². The van der Waals surface area contributed by atoms with Crippen LogP contribution in [0.1, 0.15) is 18.4 Å². The molecule has 154 valence electrons. The number of amides is 3. The van der Waals surface area contributed by atoms with E-state index in [2.05, 4.69) is 10.4 Å². The molecule has 0 aliphatic carbocycles. The quantitative estimate of drug-likeness (QED) is 0.729. The fraction of sp³-hybridized carbons (Fsp3) is 0.400. The molecular weight excluding hydrogens is 374 g/mol. The topological polar surface area (TPSA) is 108 Å². The van der Waals surface area contributed by atoms with Gasteiger partial charge < -0.3 is 20.2 Å².